The lowest BCUT2D eigenvalue weighted by atomic mass is 9.69. The number of amidine groups is 1. The molecule has 4 nitrogen and oxygen atoms in total. The van der Waals surface area contributed by atoms with Crippen LogP contribution in [0, 0.1) is 18.3 Å². The molecular formula is C29H26N2O2. The summed E-state index contributed by atoms with van der Waals surface area (Å²) in [7, 11) is 0. The lowest BCUT2D eigenvalue weighted by Crippen LogP contribution is -2.49. The van der Waals surface area contributed by atoms with Crippen molar-refractivity contribution in [3.05, 3.63) is 113 Å². The van der Waals surface area contributed by atoms with E-state index in [-0.39, 0.29) is 17.4 Å². The number of allylic oxidation sites excluding steroid dienone is 2. The van der Waals surface area contributed by atoms with E-state index in [1.54, 1.807) is 0 Å². The molecule has 0 amide bonds. The highest BCUT2D eigenvalue weighted by atomic mass is 16.1. The topological polar surface area (TPSA) is 61.2 Å². The molecule has 2 aliphatic rings. The Labute approximate surface area is 194 Å². The molecule has 0 aromatic heterocycles. The summed E-state index contributed by atoms with van der Waals surface area (Å²) in [5.41, 5.74) is 4.92. The first kappa shape index (κ1) is 21.1. The maximum Gasteiger partial charge on any atom is 0.174 e. The van der Waals surface area contributed by atoms with E-state index < -0.39 is 11.8 Å². The highest BCUT2D eigenvalue weighted by molar-refractivity contribution is 6.20. The van der Waals surface area contributed by atoms with E-state index in [4.69, 9.17) is 0 Å². The third-order valence-electron chi connectivity index (χ3n) is 6.67. The molecule has 0 radical (unpaired) electrons. The van der Waals surface area contributed by atoms with Gasteiger partial charge in [0.1, 0.15) is 5.84 Å². The number of Topliss-reactive ketones (excluding diaryl/α,β-unsaturated/α-hetero) is 2. The number of nitrogens with one attached hydrogen (secondary N) is 1. The minimum Gasteiger partial charge on any atom is -0.302 e. The van der Waals surface area contributed by atoms with Crippen LogP contribution in [-0.2, 0) is 4.79 Å². The number of nitrogens with zero attached hydrogens (tertiary/aromatic N) is 1. The second kappa shape index (κ2) is 8.62. The first-order valence-electron chi connectivity index (χ1n) is 11.4. The quantitative estimate of drug-likeness (QED) is 0.506. The molecular weight excluding hydrogens is 408 g/mol. The first-order valence-corrected chi connectivity index (χ1v) is 11.4. The Morgan fingerprint density at radius 2 is 1.52 bits per heavy atom. The van der Waals surface area contributed by atoms with Gasteiger partial charge >= 0.3 is 0 Å². The molecule has 5 rings (SSSR count). The van der Waals surface area contributed by atoms with Gasteiger partial charge in [-0.25, -0.2) is 0 Å². The molecule has 33 heavy (non-hydrogen) atoms. The van der Waals surface area contributed by atoms with Crippen LogP contribution in [0.2, 0.25) is 0 Å². The first-order chi connectivity index (χ1) is 16.1. The summed E-state index contributed by atoms with van der Waals surface area (Å²) in [5, 5.41) is 9.29. The third-order valence-corrected chi connectivity index (χ3v) is 6.67. The van der Waals surface area contributed by atoms with Crippen LogP contribution in [0.1, 0.15) is 46.7 Å². The Morgan fingerprint density at radius 1 is 0.879 bits per heavy atom. The molecule has 3 aromatic rings. The molecule has 2 atom stereocenters. The zero-order valence-electron chi connectivity index (χ0n) is 18.6. The van der Waals surface area contributed by atoms with Crippen LogP contribution in [0.25, 0.3) is 0 Å². The SMILES string of the molecule is Cc1ccc(C(=O)C2C(=N)N(c3ccccc3)C3=C(C(=O)CCC3)C2c2ccccc2)cc1. The van der Waals surface area contributed by atoms with Crippen LogP contribution < -0.4 is 4.90 Å². The Hall–Kier alpha value is -3.79. The number of hydrogen-bond acceptors (Lipinski definition) is 3. The summed E-state index contributed by atoms with van der Waals surface area (Å²) in [5.74, 6) is -1.06. The zero-order chi connectivity index (χ0) is 22.9. The number of ketones is 2. The van der Waals surface area contributed by atoms with Crippen molar-refractivity contribution in [2.45, 2.75) is 32.1 Å². The smallest absolute Gasteiger partial charge is 0.174 e. The molecule has 4 heteroatoms. The summed E-state index contributed by atoms with van der Waals surface area (Å²) in [6, 6.07) is 26.9. The summed E-state index contributed by atoms with van der Waals surface area (Å²) >= 11 is 0. The zero-order valence-corrected chi connectivity index (χ0v) is 18.6. The second-order valence-electron chi connectivity index (χ2n) is 8.79. The van der Waals surface area contributed by atoms with Crippen molar-refractivity contribution in [1.29, 1.82) is 5.41 Å². The van der Waals surface area contributed by atoms with E-state index >= 15 is 0 Å². The molecule has 2 unspecified atom stereocenters. The van der Waals surface area contributed by atoms with Crippen molar-refractivity contribution in [1.82, 2.24) is 0 Å². The van der Waals surface area contributed by atoms with Gasteiger partial charge in [0.05, 0.1) is 5.92 Å². The van der Waals surface area contributed by atoms with Crippen molar-refractivity contribution in [3.8, 4) is 0 Å². The lowest BCUT2D eigenvalue weighted by molar-refractivity contribution is -0.116. The van der Waals surface area contributed by atoms with Crippen LogP contribution in [0.15, 0.2) is 96.2 Å². The Kier molecular flexibility index (Phi) is 5.51. The minimum absolute atomic E-state index is 0.0836. The van der Waals surface area contributed by atoms with Crippen molar-refractivity contribution in [2.75, 3.05) is 4.90 Å². The van der Waals surface area contributed by atoms with Gasteiger partial charge in [-0.2, -0.15) is 0 Å². The summed E-state index contributed by atoms with van der Waals surface area (Å²) in [6.45, 7) is 1.98. The summed E-state index contributed by atoms with van der Waals surface area (Å²) in [6.07, 6.45) is 1.95. The predicted octanol–water partition coefficient (Wildman–Crippen LogP) is 6.08. The maximum atomic E-state index is 14.0. The van der Waals surface area contributed by atoms with Gasteiger partial charge in [0, 0.05) is 34.9 Å². The third kappa shape index (κ3) is 3.72. The van der Waals surface area contributed by atoms with Gasteiger partial charge in [0.25, 0.3) is 0 Å². The van der Waals surface area contributed by atoms with Crippen LogP contribution in [0.4, 0.5) is 5.69 Å². The van der Waals surface area contributed by atoms with Crippen LogP contribution in [0.5, 0.6) is 0 Å². The number of carbonyl (C=O) groups excluding carboxylic acids is 2. The van der Waals surface area contributed by atoms with Gasteiger partial charge in [-0.1, -0.05) is 78.4 Å². The highest BCUT2D eigenvalue weighted by Gasteiger charge is 2.47. The molecule has 1 N–H and O–H groups in total. The normalized spacial score (nSPS) is 20.6. The molecule has 1 aliphatic carbocycles. The number of para-hydroxylation sites is 1. The fourth-order valence-corrected chi connectivity index (χ4v) is 5.11. The van der Waals surface area contributed by atoms with E-state index in [9.17, 15) is 15.0 Å². The minimum atomic E-state index is -0.781. The number of anilines is 1. The largest absolute Gasteiger partial charge is 0.302 e. The molecule has 0 saturated heterocycles. The molecule has 0 fully saturated rings. The summed E-state index contributed by atoms with van der Waals surface area (Å²) < 4.78 is 0. The van der Waals surface area contributed by atoms with E-state index in [0.29, 0.717) is 24.0 Å². The molecule has 0 saturated carbocycles. The monoisotopic (exact) mass is 434 g/mol. The maximum absolute atomic E-state index is 14.0. The second-order valence-corrected chi connectivity index (χ2v) is 8.79. The Balaban J connectivity index is 1.74. The number of carbonyl (C=O) groups is 2. The number of aryl methyl sites for hydroxylation is 1. The lowest BCUT2D eigenvalue weighted by Gasteiger charge is -2.44. The van der Waals surface area contributed by atoms with Gasteiger partial charge in [-0.05, 0) is 37.5 Å². The number of benzene rings is 3. The standard InChI is InChI=1S/C29H26N2O2/c1-19-15-17-21(18-16-19)28(33)27-25(20-9-4-2-5-10-20)26-23(13-8-14-24(26)32)31(29(27)30)22-11-6-3-7-12-22/h2-7,9-12,15-18,25,27,30H,8,13-14H2,1H3. The highest BCUT2D eigenvalue weighted by Crippen LogP contribution is 2.47. The van der Waals surface area contributed by atoms with Crippen LogP contribution >= 0.6 is 0 Å². The van der Waals surface area contributed by atoms with E-state index in [1.807, 2.05) is 96.8 Å². The molecule has 164 valence electrons. The van der Waals surface area contributed by atoms with Crippen molar-refractivity contribution in [3.63, 3.8) is 0 Å². The fourth-order valence-electron chi connectivity index (χ4n) is 5.11. The predicted molar refractivity (Wildman–Crippen MR) is 131 cm³/mol. The van der Waals surface area contributed by atoms with Gasteiger partial charge < -0.3 is 4.90 Å². The fraction of sp³-hybridized carbons (Fsp3) is 0.207. The van der Waals surface area contributed by atoms with Gasteiger partial charge in [-0.3, -0.25) is 15.0 Å². The molecule has 0 spiro atoms. The van der Waals surface area contributed by atoms with Gasteiger partial charge in [0.2, 0.25) is 0 Å². The van der Waals surface area contributed by atoms with Crippen molar-refractivity contribution >= 4 is 23.1 Å². The molecule has 1 heterocycles. The molecule has 3 aromatic carbocycles. The average molecular weight is 435 g/mol. The van der Waals surface area contributed by atoms with Crippen molar-refractivity contribution in [2.24, 2.45) is 5.92 Å². The van der Waals surface area contributed by atoms with E-state index in [2.05, 4.69) is 0 Å². The average Bonchev–Trinajstić information content (AvgIpc) is 2.84. The van der Waals surface area contributed by atoms with E-state index in [0.717, 1.165) is 28.9 Å². The Bertz CT molecular complexity index is 1240. The number of rotatable bonds is 4. The molecule has 0 bridgehead atoms. The van der Waals surface area contributed by atoms with Gasteiger partial charge in [-0.15, -0.1) is 0 Å². The van der Waals surface area contributed by atoms with Crippen molar-refractivity contribution < 1.29 is 9.59 Å². The molecule has 1 aliphatic heterocycles. The van der Waals surface area contributed by atoms with Gasteiger partial charge in [0.15, 0.2) is 11.6 Å². The number of hydrogen-bond donors (Lipinski definition) is 1. The van der Waals surface area contributed by atoms with Crippen LogP contribution in [0.3, 0.4) is 0 Å². The summed E-state index contributed by atoms with van der Waals surface area (Å²) in [4.78, 5) is 29.2. The van der Waals surface area contributed by atoms with Crippen LogP contribution in [-0.4, -0.2) is 17.4 Å². The van der Waals surface area contributed by atoms with E-state index in [1.165, 1.54) is 0 Å². The Morgan fingerprint density at radius 3 is 2.18 bits per heavy atom.